The van der Waals surface area contributed by atoms with Crippen molar-refractivity contribution in [2.75, 3.05) is 5.32 Å². The van der Waals surface area contributed by atoms with E-state index >= 15 is 0 Å². The van der Waals surface area contributed by atoms with E-state index in [-0.39, 0.29) is 0 Å². The average Bonchev–Trinajstić information content (AvgIpc) is 3.33. The van der Waals surface area contributed by atoms with Crippen LogP contribution in [-0.4, -0.2) is 19.9 Å². The Hall–Kier alpha value is -2.34. The number of benzene rings is 1. The van der Waals surface area contributed by atoms with Crippen molar-refractivity contribution in [1.29, 1.82) is 0 Å². The summed E-state index contributed by atoms with van der Waals surface area (Å²) in [7, 11) is 0. The van der Waals surface area contributed by atoms with Crippen molar-refractivity contribution in [3.05, 3.63) is 47.2 Å². The van der Waals surface area contributed by atoms with Gasteiger partial charge in [0, 0.05) is 16.8 Å². The smallest absolute Gasteiger partial charge is 0.322 e. The second-order valence-corrected chi connectivity index (χ2v) is 6.45. The van der Waals surface area contributed by atoms with Crippen molar-refractivity contribution in [2.24, 2.45) is 0 Å². The SMILES string of the molecule is Clc1cccc(-c2noc(NCc3ccn(C4CCCC4)n3)n2)c1. The Kier molecular flexibility index (Phi) is 4.21. The lowest BCUT2D eigenvalue weighted by atomic mass is 10.2. The number of halogens is 1. The molecule has 24 heavy (non-hydrogen) atoms. The molecule has 0 unspecified atom stereocenters. The number of aromatic nitrogens is 4. The summed E-state index contributed by atoms with van der Waals surface area (Å²) in [5.74, 6) is 0.511. The second-order valence-electron chi connectivity index (χ2n) is 6.01. The van der Waals surface area contributed by atoms with Crippen LogP contribution in [0.25, 0.3) is 11.4 Å². The standard InChI is InChI=1S/C17H18ClN5O/c18-13-5-3-4-12(10-13)16-20-17(24-22-16)19-11-14-8-9-23(21-14)15-6-1-2-7-15/h3-5,8-10,15H,1-2,6-7,11H2,(H,19,20,22). The molecule has 2 heterocycles. The highest BCUT2D eigenvalue weighted by molar-refractivity contribution is 6.30. The molecular weight excluding hydrogens is 326 g/mol. The fourth-order valence-electron chi connectivity index (χ4n) is 3.05. The maximum atomic E-state index is 5.99. The van der Waals surface area contributed by atoms with Crippen LogP contribution in [0.15, 0.2) is 41.1 Å². The van der Waals surface area contributed by atoms with E-state index in [4.69, 9.17) is 16.1 Å². The van der Waals surface area contributed by atoms with Crippen molar-refractivity contribution < 1.29 is 4.52 Å². The van der Waals surface area contributed by atoms with Gasteiger partial charge in [0.25, 0.3) is 0 Å². The minimum Gasteiger partial charge on any atom is -0.332 e. The Morgan fingerprint density at radius 1 is 1.25 bits per heavy atom. The normalized spacial score (nSPS) is 15.0. The molecule has 6 nitrogen and oxygen atoms in total. The second kappa shape index (κ2) is 6.65. The molecule has 0 saturated heterocycles. The van der Waals surface area contributed by atoms with Gasteiger partial charge in [-0.25, -0.2) is 0 Å². The molecule has 0 bridgehead atoms. The molecule has 3 aromatic rings. The lowest BCUT2D eigenvalue weighted by Crippen LogP contribution is -2.07. The van der Waals surface area contributed by atoms with Crippen LogP contribution in [0.4, 0.5) is 6.01 Å². The summed E-state index contributed by atoms with van der Waals surface area (Å²) in [5, 5.41) is 12.4. The number of rotatable bonds is 5. The highest BCUT2D eigenvalue weighted by Gasteiger charge is 2.17. The first-order valence-corrected chi connectivity index (χ1v) is 8.53. The molecule has 2 aromatic heterocycles. The molecule has 1 saturated carbocycles. The summed E-state index contributed by atoms with van der Waals surface area (Å²) in [5.41, 5.74) is 1.79. The quantitative estimate of drug-likeness (QED) is 0.747. The Balaban J connectivity index is 1.40. The molecular formula is C17H18ClN5O. The summed E-state index contributed by atoms with van der Waals surface area (Å²) in [6.07, 6.45) is 7.10. The summed E-state index contributed by atoms with van der Waals surface area (Å²) in [6.45, 7) is 0.552. The van der Waals surface area contributed by atoms with Crippen molar-refractivity contribution in [2.45, 2.75) is 38.3 Å². The molecule has 0 radical (unpaired) electrons. The lowest BCUT2D eigenvalue weighted by Gasteiger charge is -2.08. The Labute approximate surface area is 144 Å². The fourth-order valence-corrected chi connectivity index (χ4v) is 3.24. The first kappa shape index (κ1) is 15.2. The van der Waals surface area contributed by atoms with Gasteiger partial charge in [-0.05, 0) is 31.0 Å². The zero-order chi connectivity index (χ0) is 16.4. The lowest BCUT2D eigenvalue weighted by molar-refractivity contribution is 0.431. The highest BCUT2D eigenvalue weighted by atomic mass is 35.5. The fraction of sp³-hybridized carbons (Fsp3) is 0.353. The van der Waals surface area contributed by atoms with Gasteiger partial charge in [0.2, 0.25) is 5.82 Å². The van der Waals surface area contributed by atoms with E-state index in [9.17, 15) is 0 Å². The monoisotopic (exact) mass is 343 g/mol. The van der Waals surface area contributed by atoms with E-state index in [1.165, 1.54) is 25.7 Å². The molecule has 7 heteroatoms. The molecule has 0 amide bonds. The van der Waals surface area contributed by atoms with E-state index in [0.29, 0.717) is 29.4 Å². The zero-order valence-electron chi connectivity index (χ0n) is 13.2. The number of hydrogen-bond acceptors (Lipinski definition) is 5. The molecule has 1 aromatic carbocycles. The number of anilines is 1. The van der Waals surface area contributed by atoms with E-state index < -0.39 is 0 Å². The predicted octanol–water partition coefficient (Wildman–Crippen LogP) is 4.31. The van der Waals surface area contributed by atoms with Crippen LogP contribution in [0.2, 0.25) is 5.02 Å². The van der Waals surface area contributed by atoms with Crippen LogP contribution >= 0.6 is 11.6 Å². The summed E-state index contributed by atoms with van der Waals surface area (Å²) < 4.78 is 7.32. The molecule has 1 fully saturated rings. The van der Waals surface area contributed by atoms with Crippen molar-refractivity contribution >= 4 is 17.6 Å². The topological polar surface area (TPSA) is 68.8 Å². The van der Waals surface area contributed by atoms with Crippen LogP contribution in [0.3, 0.4) is 0 Å². The third-order valence-electron chi connectivity index (χ3n) is 4.29. The largest absolute Gasteiger partial charge is 0.332 e. The number of nitrogens with zero attached hydrogens (tertiary/aromatic N) is 4. The van der Waals surface area contributed by atoms with Crippen LogP contribution in [0.5, 0.6) is 0 Å². The van der Waals surface area contributed by atoms with Crippen molar-refractivity contribution in [3.8, 4) is 11.4 Å². The maximum absolute atomic E-state index is 5.99. The third-order valence-corrected chi connectivity index (χ3v) is 4.53. The maximum Gasteiger partial charge on any atom is 0.322 e. The Morgan fingerprint density at radius 3 is 2.96 bits per heavy atom. The van der Waals surface area contributed by atoms with E-state index in [1.54, 1.807) is 6.07 Å². The van der Waals surface area contributed by atoms with Crippen LogP contribution in [0.1, 0.15) is 37.4 Å². The Morgan fingerprint density at radius 2 is 2.12 bits per heavy atom. The minimum atomic E-state index is 0.375. The molecule has 0 spiro atoms. The first-order chi connectivity index (χ1) is 11.8. The molecule has 1 N–H and O–H groups in total. The van der Waals surface area contributed by atoms with Crippen LogP contribution in [0, 0.1) is 0 Å². The zero-order valence-corrected chi connectivity index (χ0v) is 13.9. The first-order valence-electron chi connectivity index (χ1n) is 8.15. The molecule has 1 aliphatic rings. The van der Waals surface area contributed by atoms with Gasteiger partial charge in [-0.2, -0.15) is 10.1 Å². The van der Waals surface area contributed by atoms with Gasteiger partial charge in [0.15, 0.2) is 0 Å². The van der Waals surface area contributed by atoms with E-state index in [1.807, 2.05) is 24.3 Å². The molecule has 124 valence electrons. The minimum absolute atomic E-state index is 0.375. The number of nitrogens with one attached hydrogen (secondary N) is 1. The van der Waals surface area contributed by atoms with Gasteiger partial charge in [-0.15, -0.1) is 0 Å². The van der Waals surface area contributed by atoms with Crippen molar-refractivity contribution in [3.63, 3.8) is 0 Å². The average molecular weight is 344 g/mol. The molecule has 0 aliphatic heterocycles. The van der Waals surface area contributed by atoms with Gasteiger partial charge in [-0.1, -0.05) is 41.7 Å². The van der Waals surface area contributed by atoms with Gasteiger partial charge in [0.05, 0.1) is 18.3 Å². The molecule has 1 aliphatic carbocycles. The van der Waals surface area contributed by atoms with Gasteiger partial charge >= 0.3 is 6.01 Å². The van der Waals surface area contributed by atoms with E-state index in [2.05, 4.69) is 31.4 Å². The molecule has 0 atom stereocenters. The van der Waals surface area contributed by atoms with E-state index in [0.717, 1.165) is 11.3 Å². The third kappa shape index (κ3) is 3.28. The van der Waals surface area contributed by atoms with Gasteiger partial charge < -0.3 is 9.84 Å². The molecule has 4 rings (SSSR count). The van der Waals surface area contributed by atoms with Crippen LogP contribution < -0.4 is 5.32 Å². The predicted molar refractivity (Wildman–Crippen MR) is 91.8 cm³/mol. The summed E-state index contributed by atoms with van der Waals surface area (Å²) >= 11 is 5.99. The van der Waals surface area contributed by atoms with Crippen molar-refractivity contribution in [1.82, 2.24) is 19.9 Å². The summed E-state index contributed by atoms with van der Waals surface area (Å²) in [4.78, 5) is 4.34. The van der Waals surface area contributed by atoms with Gasteiger partial charge in [0.1, 0.15) is 0 Å². The summed E-state index contributed by atoms with van der Waals surface area (Å²) in [6, 6.07) is 10.3. The number of hydrogen-bond donors (Lipinski definition) is 1. The Bertz CT molecular complexity index is 822. The highest BCUT2D eigenvalue weighted by Crippen LogP contribution is 2.28. The van der Waals surface area contributed by atoms with Gasteiger partial charge in [-0.3, -0.25) is 4.68 Å². The van der Waals surface area contributed by atoms with Crippen LogP contribution in [-0.2, 0) is 6.54 Å².